The van der Waals surface area contributed by atoms with Crippen molar-refractivity contribution in [2.24, 2.45) is 0 Å². The molecule has 0 aliphatic carbocycles. The Kier molecular flexibility index (Phi) is 7.96. The molecule has 3 aromatic rings. The highest BCUT2D eigenvalue weighted by Crippen LogP contribution is 2.30. The van der Waals surface area contributed by atoms with Crippen LogP contribution in [-0.2, 0) is 28.7 Å². The number of benzene rings is 2. The van der Waals surface area contributed by atoms with E-state index in [-0.39, 0.29) is 6.61 Å². The molecule has 0 saturated heterocycles. The van der Waals surface area contributed by atoms with Gasteiger partial charge in [-0.3, -0.25) is 0 Å². The lowest BCUT2D eigenvalue weighted by atomic mass is 10.0. The zero-order valence-electron chi connectivity index (χ0n) is 21.0. The van der Waals surface area contributed by atoms with Crippen LogP contribution < -0.4 is 10.4 Å². The molecule has 7 nitrogen and oxygen atoms in total. The number of ether oxygens (including phenoxy) is 2. The lowest BCUT2D eigenvalue weighted by Gasteiger charge is -2.26. The largest absolute Gasteiger partial charge is 0.476 e. The SMILES string of the molecule is CCOC(=O)C(C)(C)Oc1c(C)cc(CCCn2ncn(-c3ccc(C(F)(F)F)cc3)c2=O)cc1C. The summed E-state index contributed by atoms with van der Waals surface area (Å²) < 4.78 is 51.9. The Hall–Kier alpha value is -3.56. The number of halogens is 3. The molecule has 10 heteroatoms. The van der Waals surface area contributed by atoms with Crippen LogP contribution in [0.4, 0.5) is 13.2 Å². The fourth-order valence-corrected chi connectivity index (χ4v) is 3.86. The van der Waals surface area contributed by atoms with Gasteiger partial charge in [0.2, 0.25) is 0 Å². The molecule has 36 heavy (non-hydrogen) atoms. The first-order chi connectivity index (χ1) is 16.8. The Morgan fingerprint density at radius 2 is 1.67 bits per heavy atom. The lowest BCUT2D eigenvalue weighted by Crippen LogP contribution is -2.40. The Labute approximate surface area is 207 Å². The van der Waals surface area contributed by atoms with Crippen LogP contribution in [0, 0.1) is 13.8 Å². The van der Waals surface area contributed by atoms with Crippen LogP contribution in [0.5, 0.6) is 5.75 Å². The first kappa shape index (κ1) is 27.0. The average molecular weight is 506 g/mol. The van der Waals surface area contributed by atoms with Gasteiger partial charge in [0, 0.05) is 6.54 Å². The summed E-state index contributed by atoms with van der Waals surface area (Å²) in [6.45, 7) is 9.50. The summed E-state index contributed by atoms with van der Waals surface area (Å²) in [7, 11) is 0. The second kappa shape index (κ2) is 10.6. The van der Waals surface area contributed by atoms with Gasteiger partial charge in [-0.25, -0.2) is 18.8 Å². The molecule has 0 atom stereocenters. The molecule has 0 saturated carbocycles. The predicted molar refractivity (Wildman–Crippen MR) is 128 cm³/mol. The first-order valence-electron chi connectivity index (χ1n) is 11.6. The quantitative estimate of drug-likeness (QED) is 0.382. The van der Waals surface area contributed by atoms with E-state index in [1.807, 2.05) is 26.0 Å². The van der Waals surface area contributed by atoms with Crippen molar-refractivity contribution in [1.82, 2.24) is 14.3 Å². The fourth-order valence-electron chi connectivity index (χ4n) is 3.86. The molecule has 0 radical (unpaired) electrons. The van der Waals surface area contributed by atoms with Crippen molar-refractivity contribution in [2.75, 3.05) is 6.61 Å². The fraction of sp³-hybridized carbons (Fsp3) is 0.423. The number of hydrogen-bond donors (Lipinski definition) is 0. The number of nitrogens with zero attached hydrogens (tertiary/aromatic N) is 3. The summed E-state index contributed by atoms with van der Waals surface area (Å²) in [4.78, 5) is 24.8. The lowest BCUT2D eigenvalue weighted by molar-refractivity contribution is -0.158. The molecular formula is C26H30F3N3O4. The van der Waals surface area contributed by atoms with E-state index in [2.05, 4.69) is 5.10 Å². The van der Waals surface area contributed by atoms with Gasteiger partial charge in [-0.1, -0.05) is 12.1 Å². The molecule has 0 N–H and O–H groups in total. The second-order valence-corrected chi connectivity index (χ2v) is 9.05. The summed E-state index contributed by atoms with van der Waals surface area (Å²) in [5.41, 5.74) is 0.788. The maximum absolute atomic E-state index is 12.8. The van der Waals surface area contributed by atoms with Crippen molar-refractivity contribution in [3.63, 3.8) is 0 Å². The predicted octanol–water partition coefficient (Wildman–Crippen LogP) is 5.02. The van der Waals surface area contributed by atoms with Gasteiger partial charge in [-0.05, 0) is 88.4 Å². The first-order valence-corrected chi connectivity index (χ1v) is 11.6. The van der Waals surface area contributed by atoms with Gasteiger partial charge in [-0.15, -0.1) is 0 Å². The van der Waals surface area contributed by atoms with Crippen LogP contribution in [-0.4, -0.2) is 32.5 Å². The van der Waals surface area contributed by atoms with E-state index in [1.165, 1.54) is 27.7 Å². The summed E-state index contributed by atoms with van der Waals surface area (Å²) >= 11 is 0. The molecule has 1 heterocycles. The minimum atomic E-state index is -4.44. The molecule has 0 unspecified atom stereocenters. The van der Waals surface area contributed by atoms with Crippen LogP contribution in [0.3, 0.4) is 0 Å². The van der Waals surface area contributed by atoms with Crippen LogP contribution in [0.1, 0.15) is 49.4 Å². The molecule has 194 valence electrons. The second-order valence-electron chi connectivity index (χ2n) is 9.05. The van der Waals surface area contributed by atoms with Crippen molar-refractivity contribution < 1.29 is 27.4 Å². The number of carbonyl (C=O) groups excluding carboxylic acids is 1. The van der Waals surface area contributed by atoms with Crippen LogP contribution in [0.15, 0.2) is 47.5 Å². The molecule has 0 aliphatic rings. The maximum Gasteiger partial charge on any atom is 0.416 e. The van der Waals surface area contributed by atoms with E-state index in [0.29, 0.717) is 30.8 Å². The molecule has 0 fully saturated rings. The number of esters is 1. The molecule has 0 amide bonds. The molecule has 0 bridgehead atoms. The monoisotopic (exact) mass is 505 g/mol. The minimum Gasteiger partial charge on any atom is -0.476 e. The van der Waals surface area contributed by atoms with Crippen molar-refractivity contribution in [3.05, 3.63) is 75.5 Å². The van der Waals surface area contributed by atoms with Gasteiger partial charge >= 0.3 is 17.8 Å². The van der Waals surface area contributed by atoms with Crippen molar-refractivity contribution in [1.29, 1.82) is 0 Å². The van der Waals surface area contributed by atoms with E-state index in [9.17, 15) is 22.8 Å². The number of aromatic nitrogens is 3. The van der Waals surface area contributed by atoms with Crippen molar-refractivity contribution >= 4 is 5.97 Å². The molecule has 3 rings (SSSR count). The van der Waals surface area contributed by atoms with E-state index < -0.39 is 29.0 Å². The van der Waals surface area contributed by atoms with Gasteiger partial charge in [-0.2, -0.15) is 18.3 Å². The number of carbonyl (C=O) groups is 1. The number of hydrogen-bond acceptors (Lipinski definition) is 5. The molecule has 0 spiro atoms. The van der Waals surface area contributed by atoms with Crippen molar-refractivity contribution in [2.45, 2.75) is 65.8 Å². The van der Waals surface area contributed by atoms with Gasteiger partial charge in [0.25, 0.3) is 0 Å². The van der Waals surface area contributed by atoms with Crippen molar-refractivity contribution in [3.8, 4) is 11.4 Å². The van der Waals surface area contributed by atoms with Gasteiger partial charge in [0.05, 0.1) is 17.9 Å². The third kappa shape index (κ3) is 6.16. The zero-order valence-corrected chi connectivity index (χ0v) is 21.0. The highest BCUT2D eigenvalue weighted by atomic mass is 19.4. The smallest absolute Gasteiger partial charge is 0.416 e. The number of aryl methyl sites for hydroxylation is 4. The van der Waals surface area contributed by atoms with Gasteiger partial charge in [0.15, 0.2) is 5.60 Å². The van der Waals surface area contributed by atoms with E-state index in [4.69, 9.17) is 9.47 Å². The van der Waals surface area contributed by atoms with E-state index in [1.54, 1.807) is 20.8 Å². The minimum absolute atomic E-state index is 0.272. The van der Waals surface area contributed by atoms with Crippen LogP contribution >= 0.6 is 0 Å². The average Bonchev–Trinajstić information content (AvgIpc) is 3.16. The summed E-state index contributed by atoms with van der Waals surface area (Å²) in [6.07, 6.45) is -1.84. The van der Waals surface area contributed by atoms with Crippen LogP contribution in [0.2, 0.25) is 0 Å². The molecule has 0 aliphatic heterocycles. The standard InChI is InChI=1S/C26H30F3N3O4/c1-6-35-23(33)25(4,5)36-22-17(2)14-19(15-18(22)3)8-7-13-32-24(34)31(16-30-32)21-11-9-20(10-12-21)26(27,28)29/h9-12,14-16H,6-8,13H2,1-5H3. The zero-order chi connectivity index (χ0) is 26.7. The van der Waals surface area contributed by atoms with Gasteiger partial charge in [0.1, 0.15) is 12.1 Å². The highest BCUT2D eigenvalue weighted by Gasteiger charge is 2.33. The number of rotatable bonds is 9. The summed E-state index contributed by atoms with van der Waals surface area (Å²) in [5, 5.41) is 4.10. The Morgan fingerprint density at radius 3 is 2.22 bits per heavy atom. The third-order valence-corrected chi connectivity index (χ3v) is 5.69. The van der Waals surface area contributed by atoms with E-state index >= 15 is 0 Å². The maximum atomic E-state index is 12.8. The molecular weight excluding hydrogens is 475 g/mol. The molecule has 1 aromatic heterocycles. The Balaban J connectivity index is 1.65. The molecule has 2 aromatic carbocycles. The van der Waals surface area contributed by atoms with Gasteiger partial charge < -0.3 is 9.47 Å². The topological polar surface area (TPSA) is 75.3 Å². The summed E-state index contributed by atoms with van der Waals surface area (Å²) in [5.74, 6) is 0.192. The Bertz CT molecular complexity index is 1250. The highest BCUT2D eigenvalue weighted by molar-refractivity contribution is 5.79. The summed E-state index contributed by atoms with van der Waals surface area (Å²) in [6, 6.07) is 8.32. The number of alkyl halides is 3. The van der Waals surface area contributed by atoms with Crippen LogP contribution in [0.25, 0.3) is 5.69 Å². The third-order valence-electron chi connectivity index (χ3n) is 5.69. The van der Waals surface area contributed by atoms with E-state index in [0.717, 1.165) is 28.8 Å². The Morgan fingerprint density at radius 1 is 1.06 bits per heavy atom. The normalized spacial score (nSPS) is 12.0.